The van der Waals surface area contributed by atoms with Crippen LogP contribution in [0.2, 0.25) is 0 Å². The van der Waals surface area contributed by atoms with E-state index in [1.54, 1.807) is 13.4 Å². The van der Waals surface area contributed by atoms with Crippen molar-refractivity contribution < 1.29 is 4.74 Å². The number of para-hydroxylation sites is 1. The molecular weight excluding hydrogens is 228 g/mol. The molecule has 0 radical (unpaired) electrons. The normalized spacial score (nSPS) is 12.6. The van der Waals surface area contributed by atoms with Crippen LogP contribution in [0.3, 0.4) is 0 Å². The highest BCUT2D eigenvalue weighted by Crippen LogP contribution is 2.19. The number of aromatic nitrogens is 2. The smallest absolute Gasteiger partial charge is 0.137 e. The highest BCUT2D eigenvalue weighted by molar-refractivity contribution is 5.88. The fraction of sp³-hybridized carbons (Fsp3) is 0.385. The molecule has 18 heavy (non-hydrogen) atoms. The van der Waals surface area contributed by atoms with E-state index in [9.17, 15) is 0 Å². The van der Waals surface area contributed by atoms with E-state index >= 15 is 0 Å². The molecule has 1 unspecified atom stereocenters. The molecule has 1 aromatic heterocycles. The molecule has 1 aromatic carbocycles. The van der Waals surface area contributed by atoms with Gasteiger partial charge in [-0.1, -0.05) is 12.1 Å². The van der Waals surface area contributed by atoms with Gasteiger partial charge in [0.05, 0.1) is 5.52 Å². The molecule has 0 saturated heterocycles. The van der Waals surface area contributed by atoms with Gasteiger partial charge in [0.25, 0.3) is 0 Å². The van der Waals surface area contributed by atoms with E-state index in [2.05, 4.69) is 15.3 Å². The molecule has 5 nitrogen and oxygen atoms in total. The highest BCUT2D eigenvalue weighted by Gasteiger charge is 2.09. The molecule has 0 aliphatic carbocycles. The standard InChI is InChI=1S/C13H18N4O/c1-18-7-6-10(8-14)17-13-11-4-2-3-5-12(11)15-9-16-13/h2-5,9-10H,6-8,14H2,1H3,(H,15,16,17). The third kappa shape index (κ3) is 2.94. The average molecular weight is 246 g/mol. The van der Waals surface area contributed by atoms with Gasteiger partial charge in [-0.05, 0) is 18.6 Å². The zero-order valence-electron chi connectivity index (χ0n) is 10.5. The lowest BCUT2D eigenvalue weighted by Crippen LogP contribution is -2.30. The summed E-state index contributed by atoms with van der Waals surface area (Å²) in [7, 11) is 1.69. The number of methoxy groups -OCH3 is 1. The molecule has 0 spiro atoms. The van der Waals surface area contributed by atoms with Gasteiger partial charge < -0.3 is 15.8 Å². The second-order valence-corrected chi connectivity index (χ2v) is 4.10. The Bertz CT molecular complexity index is 498. The van der Waals surface area contributed by atoms with Crippen molar-refractivity contribution >= 4 is 16.7 Å². The van der Waals surface area contributed by atoms with Gasteiger partial charge in [0.2, 0.25) is 0 Å². The average Bonchev–Trinajstić information content (AvgIpc) is 2.43. The van der Waals surface area contributed by atoms with Crippen LogP contribution in [0.25, 0.3) is 10.9 Å². The molecule has 3 N–H and O–H groups in total. The first-order valence-corrected chi connectivity index (χ1v) is 6.00. The molecule has 2 rings (SSSR count). The van der Waals surface area contributed by atoms with Crippen LogP contribution >= 0.6 is 0 Å². The molecular formula is C13H18N4O. The van der Waals surface area contributed by atoms with E-state index in [1.165, 1.54) is 0 Å². The molecule has 96 valence electrons. The Morgan fingerprint density at radius 2 is 2.17 bits per heavy atom. The van der Waals surface area contributed by atoms with Crippen molar-refractivity contribution in [3.05, 3.63) is 30.6 Å². The molecule has 2 aromatic rings. The Balaban J connectivity index is 2.19. The van der Waals surface area contributed by atoms with E-state index in [4.69, 9.17) is 10.5 Å². The van der Waals surface area contributed by atoms with E-state index in [-0.39, 0.29) is 6.04 Å². The third-order valence-electron chi connectivity index (χ3n) is 2.84. The minimum atomic E-state index is 0.156. The van der Waals surface area contributed by atoms with Gasteiger partial charge in [-0.15, -0.1) is 0 Å². The van der Waals surface area contributed by atoms with Gasteiger partial charge in [-0.3, -0.25) is 0 Å². The van der Waals surface area contributed by atoms with Gasteiger partial charge in [0.1, 0.15) is 12.1 Å². The summed E-state index contributed by atoms with van der Waals surface area (Å²) in [5.74, 6) is 0.826. The third-order valence-corrected chi connectivity index (χ3v) is 2.84. The van der Waals surface area contributed by atoms with Gasteiger partial charge in [0.15, 0.2) is 0 Å². The van der Waals surface area contributed by atoms with Crippen molar-refractivity contribution in [2.75, 3.05) is 25.6 Å². The molecule has 0 aliphatic heterocycles. The maximum atomic E-state index is 5.74. The second kappa shape index (κ2) is 6.28. The van der Waals surface area contributed by atoms with E-state index in [1.807, 2.05) is 24.3 Å². The van der Waals surface area contributed by atoms with Crippen LogP contribution in [0.4, 0.5) is 5.82 Å². The van der Waals surface area contributed by atoms with Crippen molar-refractivity contribution in [3.63, 3.8) is 0 Å². The first kappa shape index (κ1) is 12.7. The Labute approximate surface area is 106 Å². The predicted octanol–water partition coefficient (Wildman–Crippen LogP) is 1.41. The first-order valence-electron chi connectivity index (χ1n) is 6.00. The number of rotatable bonds is 6. The fourth-order valence-electron chi connectivity index (χ4n) is 1.82. The number of anilines is 1. The summed E-state index contributed by atoms with van der Waals surface area (Å²) in [4.78, 5) is 8.51. The number of benzene rings is 1. The topological polar surface area (TPSA) is 73.1 Å². The maximum Gasteiger partial charge on any atom is 0.137 e. The van der Waals surface area contributed by atoms with Crippen LogP contribution in [0.15, 0.2) is 30.6 Å². The Morgan fingerprint density at radius 1 is 1.33 bits per heavy atom. The first-order chi connectivity index (χ1) is 8.85. The summed E-state index contributed by atoms with van der Waals surface area (Å²) in [5, 5.41) is 4.36. The van der Waals surface area contributed by atoms with Gasteiger partial charge >= 0.3 is 0 Å². The number of nitrogens with zero attached hydrogens (tertiary/aromatic N) is 2. The van der Waals surface area contributed by atoms with Gasteiger partial charge in [-0.2, -0.15) is 0 Å². The van der Waals surface area contributed by atoms with E-state index in [0.29, 0.717) is 13.2 Å². The van der Waals surface area contributed by atoms with Crippen LogP contribution in [-0.2, 0) is 4.74 Å². The number of nitrogens with two attached hydrogens (primary N) is 1. The maximum absolute atomic E-state index is 5.74. The molecule has 1 atom stereocenters. The van der Waals surface area contributed by atoms with Crippen molar-refractivity contribution in [1.29, 1.82) is 0 Å². The molecule has 1 heterocycles. The lowest BCUT2D eigenvalue weighted by molar-refractivity contribution is 0.190. The Kier molecular flexibility index (Phi) is 4.44. The fourth-order valence-corrected chi connectivity index (χ4v) is 1.82. The summed E-state index contributed by atoms with van der Waals surface area (Å²) in [6, 6.07) is 8.06. The number of hydrogen-bond donors (Lipinski definition) is 2. The van der Waals surface area contributed by atoms with Crippen LogP contribution in [0.1, 0.15) is 6.42 Å². The van der Waals surface area contributed by atoms with Crippen molar-refractivity contribution in [2.24, 2.45) is 5.73 Å². The highest BCUT2D eigenvalue weighted by atomic mass is 16.5. The lowest BCUT2D eigenvalue weighted by Gasteiger charge is -2.17. The molecule has 0 amide bonds. The summed E-state index contributed by atoms with van der Waals surface area (Å²) < 4.78 is 5.07. The molecule has 5 heteroatoms. The van der Waals surface area contributed by atoms with Crippen molar-refractivity contribution in [1.82, 2.24) is 9.97 Å². The quantitative estimate of drug-likeness (QED) is 0.806. The summed E-state index contributed by atoms with van der Waals surface area (Å²) in [6.45, 7) is 1.22. The molecule has 0 fully saturated rings. The Hall–Kier alpha value is -1.72. The SMILES string of the molecule is COCCC(CN)Nc1ncnc2ccccc12. The van der Waals surface area contributed by atoms with E-state index in [0.717, 1.165) is 23.1 Å². The van der Waals surface area contributed by atoms with Crippen LogP contribution in [0, 0.1) is 0 Å². The largest absolute Gasteiger partial charge is 0.385 e. The van der Waals surface area contributed by atoms with Crippen molar-refractivity contribution in [3.8, 4) is 0 Å². The minimum Gasteiger partial charge on any atom is -0.385 e. The number of hydrogen-bond acceptors (Lipinski definition) is 5. The summed E-state index contributed by atoms with van der Waals surface area (Å²) >= 11 is 0. The van der Waals surface area contributed by atoms with Gasteiger partial charge in [-0.25, -0.2) is 9.97 Å². The Morgan fingerprint density at radius 3 is 2.94 bits per heavy atom. The zero-order chi connectivity index (χ0) is 12.8. The lowest BCUT2D eigenvalue weighted by atomic mass is 10.2. The van der Waals surface area contributed by atoms with Gasteiger partial charge in [0, 0.05) is 31.7 Å². The number of ether oxygens (including phenoxy) is 1. The monoisotopic (exact) mass is 246 g/mol. The van der Waals surface area contributed by atoms with Crippen molar-refractivity contribution in [2.45, 2.75) is 12.5 Å². The van der Waals surface area contributed by atoms with Crippen LogP contribution in [0.5, 0.6) is 0 Å². The molecule has 0 aliphatic rings. The van der Waals surface area contributed by atoms with Crippen LogP contribution < -0.4 is 11.1 Å². The molecule has 0 saturated carbocycles. The summed E-state index contributed by atoms with van der Waals surface area (Å²) in [5.41, 5.74) is 6.67. The predicted molar refractivity (Wildman–Crippen MR) is 72.5 cm³/mol. The number of fused-ring (bicyclic) bond motifs is 1. The van der Waals surface area contributed by atoms with E-state index < -0.39 is 0 Å². The minimum absolute atomic E-state index is 0.156. The zero-order valence-corrected chi connectivity index (χ0v) is 10.5. The molecule has 0 bridgehead atoms. The second-order valence-electron chi connectivity index (χ2n) is 4.10. The number of nitrogens with one attached hydrogen (secondary N) is 1. The summed E-state index contributed by atoms with van der Waals surface area (Å²) in [6.07, 6.45) is 2.42. The van der Waals surface area contributed by atoms with Crippen LogP contribution in [-0.4, -0.2) is 36.3 Å².